The number of nitrogens with one attached hydrogen (secondary N) is 1. The third-order valence-electron chi connectivity index (χ3n) is 2.54. The molecule has 6 heteroatoms. The van der Waals surface area contributed by atoms with Crippen molar-refractivity contribution in [1.82, 2.24) is 5.32 Å². The van der Waals surface area contributed by atoms with Crippen molar-refractivity contribution in [3.8, 4) is 0 Å². The summed E-state index contributed by atoms with van der Waals surface area (Å²) < 4.78 is 42.0. The van der Waals surface area contributed by atoms with E-state index >= 15 is 0 Å². The molecule has 0 bridgehead atoms. The first-order chi connectivity index (χ1) is 7.58. The quantitative estimate of drug-likeness (QED) is 0.766. The summed E-state index contributed by atoms with van der Waals surface area (Å²) in [7, 11) is 0. The minimum absolute atomic E-state index is 0.212. The van der Waals surface area contributed by atoms with Crippen LogP contribution in [0, 0.1) is 11.8 Å². The van der Waals surface area contributed by atoms with Crippen LogP contribution in [0.25, 0.3) is 0 Å². The minimum Gasteiger partial charge on any atom is -0.460 e. The van der Waals surface area contributed by atoms with E-state index in [1.54, 1.807) is 20.8 Å². The lowest BCUT2D eigenvalue weighted by molar-refractivity contribution is -0.166. The van der Waals surface area contributed by atoms with Gasteiger partial charge in [0.15, 0.2) is 0 Å². The van der Waals surface area contributed by atoms with Crippen molar-refractivity contribution in [3.63, 3.8) is 0 Å². The molecule has 0 radical (unpaired) electrons. The van der Waals surface area contributed by atoms with Gasteiger partial charge >= 0.3 is 12.1 Å². The number of carbonyl (C=O) groups is 1. The Morgan fingerprint density at radius 3 is 2.35 bits per heavy atom. The topological polar surface area (TPSA) is 38.3 Å². The number of carbonyl (C=O) groups excluding carboxylic acids is 1. The molecule has 0 saturated carbocycles. The van der Waals surface area contributed by atoms with Gasteiger partial charge in [-0.2, -0.15) is 13.2 Å². The van der Waals surface area contributed by atoms with Crippen LogP contribution >= 0.6 is 0 Å². The van der Waals surface area contributed by atoms with Crippen LogP contribution in [0.3, 0.4) is 0 Å². The van der Waals surface area contributed by atoms with E-state index in [2.05, 4.69) is 5.32 Å². The Balaban J connectivity index is 2.60. The van der Waals surface area contributed by atoms with Gasteiger partial charge < -0.3 is 10.1 Å². The van der Waals surface area contributed by atoms with E-state index in [0.717, 1.165) is 0 Å². The molecule has 0 amide bonds. The number of rotatable bonds is 2. The molecule has 17 heavy (non-hydrogen) atoms. The SMILES string of the molecule is CC(C)(C)OC(=O)[C@@H]1CNC[C@H]1CC(F)(F)F. The van der Waals surface area contributed by atoms with Gasteiger partial charge in [-0.15, -0.1) is 0 Å². The molecule has 0 unspecified atom stereocenters. The van der Waals surface area contributed by atoms with Gasteiger partial charge in [-0.3, -0.25) is 4.79 Å². The summed E-state index contributed by atoms with van der Waals surface area (Å²) in [6, 6.07) is 0. The van der Waals surface area contributed by atoms with Gasteiger partial charge in [0, 0.05) is 13.0 Å². The lowest BCUT2D eigenvalue weighted by Gasteiger charge is -2.24. The predicted octanol–water partition coefficient (Wildman–Crippen LogP) is 2.12. The van der Waals surface area contributed by atoms with Crippen LogP contribution in [0.2, 0.25) is 0 Å². The number of hydrogen-bond donors (Lipinski definition) is 1. The molecule has 1 N–H and O–H groups in total. The fourth-order valence-corrected chi connectivity index (χ4v) is 1.90. The van der Waals surface area contributed by atoms with Gasteiger partial charge in [0.2, 0.25) is 0 Å². The van der Waals surface area contributed by atoms with E-state index in [-0.39, 0.29) is 13.1 Å². The minimum atomic E-state index is -4.24. The maximum atomic E-state index is 12.3. The highest BCUT2D eigenvalue weighted by Crippen LogP contribution is 2.32. The average Bonchev–Trinajstić information content (AvgIpc) is 2.45. The summed E-state index contributed by atoms with van der Waals surface area (Å²) in [5, 5.41) is 2.81. The molecule has 0 aromatic carbocycles. The monoisotopic (exact) mass is 253 g/mol. The van der Waals surface area contributed by atoms with E-state index < -0.39 is 36.0 Å². The van der Waals surface area contributed by atoms with Gasteiger partial charge in [-0.05, 0) is 33.2 Å². The van der Waals surface area contributed by atoms with Crippen molar-refractivity contribution in [3.05, 3.63) is 0 Å². The Hall–Kier alpha value is -0.780. The van der Waals surface area contributed by atoms with Crippen molar-refractivity contribution in [2.24, 2.45) is 11.8 Å². The summed E-state index contributed by atoms with van der Waals surface area (Å²) in [5.41, 5.74) is -0.664. The number of esters is 1. The van der Waals surface area contributed by atoms with Gasteiger partial charge in [-0.25, -0.2) is 0 Å². The maximum Gasteiger partial charge on any atom is 0.389 e. The molecule has 1 aliphatic heterocycles. The largest absolute Gasteiger partial charge is 0.460 e. The van der Waals surface area contributed by atoms with Crippen molar-refractivity contribution < 1.29 is 22.7 Å². The van der Waals surface area contributed by atoms with E-state index in [1.165, 1.54) is 0 Å². The number of alkyl halides is 3. The lowest BCUT2D eigenvalue weighted by atomic mass is 9.92. The molecule has 0 aromatic rings. The third-order valence-corrected chi connectivity index (χ3v) is 2.54. The zero-order valence-corrected chi connectivity index (χ0v) is 10.2. The summed E-state index contributed by atoms with van der Waals surface area (Å²) in [4.78, 5) is 11.7. The Morgan fingerprint density at radius 2 is 1.88 bits per heavy atom. The normalized spacial score (nSPS) is 26.0. The molecule has 0 aromatic heterocycles. The zero-order chi connectivity index (χ0) is 13.3. The third kappa shape index (κ3) is 4.93. The van der Waals surface area contributed by atoms with Gasteiger partial charge in [0.25, 0.3) is 0 Å². The van der Waals surface area contributed by atoms with Crippen molar-refractivity contribution in [1.29, 1.82) is 0 Å². The van der Waals surface area contributed by atoms with Crippen molar-refractivity contribution in [2.45, 2.75) is 39.0 Å². The fraction of sp³-hybridized carbons (Fsp3) is 0.909. The first-order valence-electron chi connectivity index (χ1n) is 5.59. The summed E-state index contributed by atoms with van der Waals surface area (Å²) in [6.07, 6.45) is -5.18. The molecule has 1 rings (SSSR count). The highest BCUT2D eigenvalue weighted by molar-refractivity contribution is 5.74. The summed E-state index contributed by atoms with van der Waals surface area (Å²) in [5.74, 6) is -1.96. The van der Waals surface area contributed by atoms with Crippen LogP contribution in [0.5, 0.6) is 0 Å². The smallest absolute Gasteiger partial charge is 0.389 e. The Bertz CT molecular complexity index is 283. The van der Waals surface area contributed by atoms with Gasteiger partial charge in [0.1, 0.15) is 5.60 Å². The fourth-order valence-electron chi connectivity index (χ4n) is 1.90. The lowest BCUT2D eigenvalue weighted by Crippen LogP contribution is -2.33. The van der Waals surface area contributed by atoms with E-state index in [1.807, 2.05) is 0 Å². The Labute approximate surface area is 98.7 Å². The number of hydrogen-bond acceptors (Lipinski definition) is 3. The predicted molar refractivity (Wildman–Crippen MR) is 56.4 cm³/mol. The van der Waals surface area contributed by atoms with Crippen LogP contribution in [-0.2, 0) is 9.53 Å². The van der Waals surface area contributed by atoms with Crippen LogP contribution in [0.4, 0.5) is 13.2 Å². The molecule has 1 heterocycles. The molecule has 1 aliphatic rings. The van der Waals surface area contributed by atoms with Crippen LogP contribution in [-0.4, -0.2) is 30.8 Å². The molecule has 0 aliphatic carbocycles. The Morgan fingerprint density at radius 1 is 1.29 bits per heavy atom. The molecule has 100 valence electrons. The first kappa shape index (κ1) is 14.3. The second-order valence-corrected chi connectivity index (χ2v) is 5.38. The average molecular weight is 253 g/mol. The van der Waals surface area contributed by atoms with E-state index in [4.69, 9.17) is 4.74 Å². The van der Waals surface area contributed by atoms with Crippen molar-refractivity contribution in [2.75, 3.05) is 13.1 Å². The molecule has 2 atom stereocenters. The van der Waals surface area contributed by atoms with Crippen LogP contribution in [0.15, 0.2) is 0 Å². The molecule has 1 saturated heterocycles. The molecule has 1 fully saturated rings. The van der Waals surface area contributed by atoms with Crippen LogP contribution < -0.4 is 5.32 Å². The standard InChI is InChI=1S/C11H18F3NO2/c1-10(2,3)17-9(16)8-6-15-5-7(8)4-11(12,13)14/h7-8,15H,4-6H2,1-3H3/t7-,8-/m1/s1. The molecular weight excluding hydrogens is 235 g/mol. The van der Waals surface area contributed by atoms with Crippen molar-refractivity contribution >= 4 is 5.97 Å². The molecule has 0 spiro atoms. The summed E-state index contributed by atoms with van der Waals surface area (Å²) >= 11 is 0. The van der Waals surface area contributed by atoms with E-state index in [9.17, 15) is 18.0 Å². The first-order valence-corrected chi connectivity index (χ1v) is 5.59. The molecule has 3 nitrogen and oxygen atoms in total. The number of ether oxygens (including phenoxy) is 1. The highest BCUT2D eigenvalue weighted by Gasteiger charge is 2.42. The van der Waals surface area contributed by atoms with E-state index in [0.29, 0.717) is 0 Å². The second-order valence-electron chi connectivity index (χ2n) is 5.38. The Kier molecular flexibility index (Phi) is 4.06. The van der Waals surface area contributed by atoms with Crippen LogP contribution in [0.1, 0.15) is 27.2 Å². The second kappa shape index (κ2) is 4.84. The highest BCUT2D eigenvalue weighted by atomic mass is 19.4. The van der Waals surface area contributed by atoms with Gasteiger partial charge in [0.05, 0.1) is 5.92 Å². The van der Waals surface area contributed by atoms with Gasteiger partial charge in [-0.1, -0.05) is 0 Å². The molecular formula is C11H18F3NO2. The zero-order valence-electron chi connectivity index (χ0n) is 10.2. The number of halogens is 3. The maximum absolute atomic E-state index is 12.3. The summed E-state index contributed by atoms with van der Waals surface area (Å²) in [6.45, 7) is 5.57.